The first-order chi connectivity index (χ1) is 11.1. The van der Waals surface area contributed by atoms with Crippen LogP contribution < -0.4 is 0 Å². The average Bonchev–Trinajstić information content (AvgIpc) is 3.13. The van der Waals surface area contributed by atoms with Crippen molar-refractivity contribution in [1.82, 2.24) is 14.8 Å². The molecule has 0 saturated heterocycles. The second kappa shape index (κ2) is 6.47. The molecule has 3 rings (SSSR count). The van der Waals surface area contributed by atoms with Gasteiger partial charge in [0.05, 0.1) is 18.8 Å². The first-order valence-corrected chi connectivity index (χ1v) is 7.63. The first-order valence-electron chi connectivity index (χ1n) is 7.63. The monoisotopic (exact) mass is 317 g/mol. The maximum atomic E-state index is 11.1. The van der Waals surface area contributed by atoms with E-state index in [0.29, 0.717) is 25.3 Å². The largest absolute Gasteiger partial charge is 0.475 e. The molecule has 0 saturated carbocycles. The molecule has 7 heteroatoms. The van der Waals surface area contributed by atoms with Crippen molar-refractivity contribution in [3.05, 3.63) is 47.5 Å². The predicted molar refractivity (Wildman–Crippen MR) is 80.9 cm³/mol. The second-order valence-corrected chi connectivity index (χ2v) is 5.61. The minimum atomic E-state index is -1.18. The summed E-state index contributed by atoms with van der Waals surface area (Å²) in [6.45, 7) is 2.27. The Labute approximate surface area is 133 Å². The van der Waals surface area contributed by atoms with Gasteiger partial charge in [-0.1, -0.05) is 37.3 Å². The molecular weight excluding hydrogens is 298 g/mol. The number of aromatic carboxylic acids is 1. The third-order valence-corrected chi connectivity index (χ3v) is 4.06. The number of carboxylic acid groups (broad SMARTS) is 1. The molecule has 122 valence electrons. The molecule has 1 aliphatic rings. The Morgan fingerprint density at radius 1 is 1.43 bits per heavy atom. The van der Waals surface area contributed by atoms with E-state index in [1.807, 2.05) is 37.3 Å². The van der Waals surface area contributed by atoms with Gasteiger partial charge in [0.15, 0.2) is 5.82 Å². The molecule has 23 heavy (non-hydrogen) atoms. The van der Waals surface area contributed by atoms with Crippen molar-refractivity contribution in [2.75, 3.05) is 0 Å². The fourth-order valence-electron chi connectivity index (χ4n) is 2.82. The zero-order valence-corrected chi connectivity index (χ0v) is 12.8. The predicted octanol–water partition coefficient (Wildman–Crippen LogP) is 1.95. The van der Waals surface area contributed by atoms with Gasteiger partial charge in [-0.15, -0.1) is 5.10 Å². The molecular formula is C16H19N3O4. The van der Waals surface area contributed by atoms with Crippen LogP contribution in [0, 0.1) is 0 Å². The van der Waals surface area contributed by atoms with Gasteiger partial charge in [0.2, 0.25) is 0 Å². The quantitative estimate of drug-likeness (QED) is 0.845. The van der Waals surface area contributed by atoms with Crippen molar-refractivity contribution in [2.24, 2.45) is 0 Å². The van der Waals surface area contributed by atoms with Crippen LogP contribution in [-0.2, 0) is 11.3 Å². The van der Waals surface area contributed by atoms with E-state index in [1.165, 1.54) is 4.68 Å². The highest BCUT2D eigenvalue weighted by atomic mass is 16.5. The summed E-state index contributed by atoms with van der Waals surface area (Å²) in [4.78, 5) is 15.2. The van der Waals surface area contributed by atoms with E-state index in [9.17, 15) is 9.90 Å². The lowest BCUT2D eigenvalue weighted by atomic mass is 10.1. The van der Waals surface area contributed by atoms with Gasteiger partial charge in [0.25, 0.3) is 5.82 Å². The van der Waals surface area contributed by atoms with Crippen LogP contribution in [0.25, 0.3) is 0 Å². The summed E-state index contributed by atoms with van der Waals surface area (Å²) in [6, 6.07) is 9.41. The van der Waals surface area contributed by atoms with Crippen LogP contribution in [-0.4, -0.2) is 37.1 Å². The summed E-state index contributed by atoms with van der Waals surface area (Å²) in [6.07, 6.45) is 0.110. The van der Waals surface area contributed by atoms with E-state index >= 15 is 0 Å². The summed E-state index contributed by atoms with van der Waals surface area (Å²) in [5.41, 5.74) is 1.02. The highest BCUT2D eigenvalue weighted by molar-refractivity contribution is 5.82. The third kappa shape index (κ3) is 3.11. The van der Waals surface area contributed by atoms with Crippen LogP contribution >= 0.6 is 0 Å². The lowest BCUT2D eigenvalue weighted by molar-refractivity contribution is 0.0228. The number of fused-ring (bicyclic) bond motifs is 1. The maximum Gasteiger partial charge on any atom is 0.375 e. The van der Waals surface area contributed by atoms with Crippen molar-refractivity contribution in [2.45, 2.75) is 44.6 Å². The molecule has 1 aromatic heterocycles. The molecule has 2 aromatic rings. The molecule has 3 unspecified atom stereocenters. The van der Waals surface area contributed by atoms with E-state index in [1.54, 1.807) is 0 Å². The number of hydrogen-bond acceptors (Lipinski definition) is 5. The molecule has 3 atom stereocenters. The van der Waals surface area contributed by atoms with Crippen LogP contribution in [0.5, 0.6) is 0 Å². The second-order valence-electron chi connectivity index (χ2n) is 5.61. The molecule has 0 fully saturated rings. The zero-order valence-electron chi connectivity index (χ0n) is 12.8. The molecule has 2 N–H and O–H groups in total. The summed E-state index contributed by atoms with van der Waals surface area (Å²) >= 11 is 0. The number of nitrogens with zero attached hydrogens (tertiary/aromatic N) is 3. The normalized spacial score (nSPS) is 21.1. The third-order valence-electron chi connectivity index (χ3n) is 4.06. The fourth-order valence-corrected chi connectivity index (χ4v) is 2.82. The smallest absolute Gasteiger partial charge is 0.375 e. The van der Waals surface area contributed by atoms with Crippen LogP contribution in [0.1, 0.15) is 53.9 Å². The molecule has 7 nitrogen and oxygen atoms in total. The lowest BCUT2D eigenvalue weighted by Gasteiger charge is -2.17. The van der Waals surface area contributed by atoms with Gasteiger partial charge in [0, 0.05) is 6.42 Å². The minimum Gasteiger partial charge on any atom is -0.475 e. The summed E-state index contributed by atoms with van der Waals surface area (Å²) in [5, 5.41) is 23.3. The number of carbonyl (C=O) groups is 1. The molecule has 0 bridgehead atoms. The lowest BCUT2D eigenvalue weighted by Crippen LogP contribution is -2.22. The maximum absolute atomic E-state index is 11.1. The van der Waals surface area contributed by atoms with Gasteiger partial charge in [-0.05, 0) is 12.0 Å². The van der Waals surface area contributed by atoms with Gasteiger partial charge in [0.1, 0.15) is 6.10 Å². The number of carboxylic acids is 1. The Hall–Kier alpha value is -2.25. The van der Waals surface area contributed by atoms with Crippen molar-refractivity contribution in [3.8, 4) is 0 Å². The highest BCUT2D eigenvalue weighted by Gasteiger charge is 2.39. The summed E-state index contributed by atoms with van der Waals surface area (Å²) in [5.74, 6) is -0.976. The van der Waals surface area contributed by atoms with E-state index in [0.717, 1.165) is 5.56 Å². The van der Waals surface area contributed by atoms with E-state index in [4.69, 9.17) is 9.84 Å². The van der Waals surface area contributed by atoms with Crippen molar-refractivity contribution < 1.29 is 19.7 Å². The first kappa shape index (κ1) is 15.6. The Morgan fingerprint density at radius 2 is 2.17 bits per heavy atom. The Balaban J connectivity index is 1.81. The van der Waals surface area contributed by atoms with Gasteiger partial charge in [-0.2, -0.15) is 0 Å². The SMILES string of the molecule is CCC(O)C1CC(OCc2ccccc2)c2nc(C(=O)O)nn21. The van der Waals surface area contributed by atoms with Gasteiger partial charge >= 0.3 is 5.97 Å². The highest BCUT2D eigenvalue weighted by Crippen LogP contribution is 2.38. The zero-order chi connectivity index (χ0) is 16.4. The van der Waals surface area contributed by atoms with Gasteiger partial charge < -0.3 is 14.9 Å². The number of aliphatic hydroxyl groups excluding tert-OH is 1. The summed E-state index contributed by atoms with van der Waals surface area (Å²) in [7, 11) is 0. The Morgan fingerprint density at radius 3 is 2.83 bits per heavy atom. The van der Waals surface area contributed by atoms with Crippen LogP contribution in [0.3, 0.4) is 0 Å². The topological polar surface area (TPSA) is 97.5 Å². The fraction of sp³-hybridized carbons (Fsp3) is 0.438. The molecule has 0 aliphatic carbocycles. The average molecular weight is 317 g/mol. The van der Waals surface area contributed by atoms with E-state index in [-0.39, 0.29) is 18.0 Å². The number of aliphatic hydroxyl groups is 1. The molecule has 0 amide bonds. The number of hydrogen-bond donors (Lipinski definition) is 2. The Bertz CT molecular complexity index is 686. The standard InChI is InChI=1S/C16H19N3O4/c1-2-12(20)11-8-13(23-9-10-6-4-3-5-7-10)15-17-14(16(21)22)18-19(11)15/h3-7,11-13,20H,2,8-9H2,1H3,(H,21,22). The molecule has 1 aliphatic heterocycles. The summed E-state index contributed by atoms with van der Waals surface area (Å²) < 4.78 is 7.41. The van der Waals surface area contributed by atoms with E-state index < -0.39 is 12.1 Å². The van der Waals surface area contributed by atoms with Crippen LogP contribution in [0.15, 0.2) is 30.3 Å². The van der Waals surface area contributed by atoms with Crippen molar-refractivity contribution in [1.29, 1.82) is 0 Å². The van der Waals surface area contributed by atoms with Gasteiger partial charge in [-0.3, -0.25) is 0 Å². The Kier molecular flexibility index (Phi) is 4.40. The van der Waals surface area contributed by atoms with Crippen LogP contribution in [0.2, 0.25) is 0 Å². The number of ether oxygens (including phenoxy) is 1. The van der Waals surface area contributed by atoms with E-state index in [2.05, 4.69) is 10.1 Å². The number of rotatable bonds is 6. The van der Waals surface area contributed by atoms with Crippen molar-refractivity contribution >= 4 is 5.97 Å². The number of aromatic nitrogens is 3. The minimum absolute atomic E-state index is 0.263. The van der Waals surface area contributed by atoms with Crippen LogP contribution in [0.4, 0.5) is 0 Å². The molecule has 0 radical (unpaired) electrons. The van der Waals surface area contributed by atoms with Crippen molar-refractivity contribution in [3.63, 3.8) is 0 Å². The molecule has 1 aromatic carbocycles. The molecule has 0 spiro atoms. The number of benzene rings is 1. The van der Waals surface area contributed by atoms with Gasteiger partial charge in [-0.25, -0.2) is 14.5 Å². The molecule has 2 heterocycles.